The van der Waals surface area contributed by atoms with Crippen LogP contribution in [0.4, 0.5) is 0 Å². The Morgan fingerprint density at radius 1 is 1.31 bits per heavy atom. The molecule has 7 heteroatoms. The normalized spacial score (nSPS) is 15.6. The molecule has 0 amide bonds. The van der Waals surface area contributed by atoms with Gasteiger partial charge >= 0.3 is 0 Å². The average molecular weight is 253 g/mol. The predicted octanol–water partition coefficient (Wildman–Crippen LogP) is 1.62. The first-order chi connectivity index (χ1) is 7.83. The third-order valence-electron chi connectivity index (χ3n) is 2.43. The predicted molar refractivity (Wildman–Crippen MR) is 63.4 cm³/mol. The molecule has 0 aliphatic heterocycles. The van der Waals surface area contributed by atoms with E-state index in [-0.39, 0.29) is 0 Å². The molecule has 0 saturated heterocycles. The summed E-state index contributed by atoms with van der Waals surface area (Å²) >= 11 is 3.00. The molecule has 2 aromatic heterocycles. The highest BCUT2D eigenvalue weighted by atomic mass is 32.1. The van der Waals surface area contributed by atoms with E-state index >= 15 is 0 Å². The first kappa shape index (κ1) is 10.2. The van der Waals surface area contributed by atoms with Crippen LogP contribution in [0.25, 0.3) is 9.88 Å². The molecule has 0 aromatic carbocycles. The van der Waals surface area contributed by atoms with Crippen LogP contribution in [0.15, 0.2) is 0 Å². The SMILES string of the molecule is Cc1nnsc1-c1nnc(CNC2CC2)s1. The van der Waals surface area contributed by atoms with Crippen molar-refractivity contribution in [1.29, 1.82) is 0 Å². The summed E-state index contributed by atoms with van der Waals surface area (Å²) in [6.45, 7) is 2.77. The van der Waals surface area contributed by atoms with E-state index in [0.717, 1.165) is 27.1 Å². The zero-order chi connectivity index (χ0) is 11.0. The van der Waals surface area contributed by atoms with Crippen LogP contribution in [0.2, 0.25) is 0 Å². The van der Waals surface area contributed by atoms with Crippen molar-refractivity contribution < 1.29 is 0 Å². The van der Waals surface area contributed by atoms with Crippen molar-refractivity contribution in [2.24, 2.45) is 0 Å². The molecule has 0 radical (unpaired) electrons. The van der Waals surface area contributed by atoms with Gasteiger partial charge in [-0.3, -0.25) is 0 Å². The summed E-state index contributed by atoms with van der Waals surface area (Å²) < 4.78 is 3.91. The van der Waals surface area contributed by atoms with E-state index < -0.39 is 0 Å². The molecule has 5 nitrogen and oxygen atoms in total. The van der Waals surface area contributed by atoms with Crippen LogP contribution in [0.3, 0.4) is 0 Å². The van der Waals surface area contributed by atoms with Crippen molar-refractivity contribution in [1.82, 2.24) is 25.1 Å². The van der Waals surface area contributed by atoms with Crippen LogP contribution in [-0.4, -0.2) is 25.8 Å². The number of nitrogens with zero attached hydrogens (tertiary/aromatic N) is 4. The Hall–Kier alpha value is -0.920. The lowest BCUT2D eigenvalue weighted by Gasteiger charge is -1.95. The van der Waals surface area contributed by atoms with Gasteiger partial charge in [0.15, 0.2) is 5.01 Å². The largest absolute Gasteiger partial charge is 0.308 e. The number of aromatic nitrogens is 4. The Balaban J connectivity index is 1.74. The summed E-state index contributed by atoms with van der Waals surface area (Å²) in [5.41, 5.74) is 0.933. The molecule has 0 bridgehead atoms. The molecule has 1 N–H and O–H groups in total. The fourth-order valence-corrected chi connectivity index (χ4v) is 2.92. The van der Waals surface area contributed by atoms with Gasteiger partial charge in [0.2, 0.25) is 0 Å². The van der Waals surface area contributed by atoms with Crippen LogP contribution < -0.4 is 5.32 Å². The highest BCUT2D eigenvalue weighted by Crippen LogP contribution is 2.28. The quantitative estimate of drug-likeness (QED) is 0.897. The number of hydrogen-bond donors (Lipinski definition) is 1. The first-order valence-electron chi connectivity index (χ1n) is 5.18. The number of rotatable bonds is 4. The lowest BCUT2D eigenvalue weighted by atomic mass is 10.4. The molecular weight excluding hydrogens is 242 g/mol. The Morgan fingerprint density at radius 3 is 2.88 bits per heavy atom. The van der Waals surface area contributed by atoms with Crippen molar-refractivity contribution >= 4 is 22.9 Å². The molecule has 0 unspecified atom stereocenters. The summed E-state index contributed by atoms with van der Waals surface area (Å²) in [7, 11) is 0. The van der Waals surface area contributed by atoms with Crippen molar-refractivity contribution in [2.45, 2.75) is 32.4 Å². The molecule has 1 saturated carbocycles. The molecule has 1 aliphatic carbocycles. The van der Waals surface area contributed by atoms with Crippen LogP contribution in [0.5, 0.6) is 0 Å². The summed E-state index contributed by atoms with van der Waals surface area (Å²) in [6, 6.07) is 0.708. The summed E-state index contributed by atoms with van der Waals surface area (Å²) in [4.78, 5) is 1.04. The lowest BCUT2D eigenvalue weighted by molar-refractivity contribution is 0.679. The van der Waals surface area contributed by atoms with Crippen molar-refractivity contribution in [3.63, 3.8) is 0 Å². The van der Waals surface area contributed by atoms with Gasteiger partial charge < -0.3 is 5.32 Å². The molecule has 1 fully saturated rings. The Morgan fingerprint density at radius 2 is 2.19 bits per heavy atom. The third-order valence-corrected chi connectivity index (χ3v) is 4.34. The number of aryl methyl sites for hydroxylation is 1. The van der Waals surface area contributed by atoms with Gasteiger partial charge in [-0.15, -0.1) is 15.3 Å². The van der Waals surface area contributed by atoms with Crippen molar-refractivity contribution in [3.05, 3.63) is 10.7 Å². The molecule has 2 heterocycles. The second kappa shape index (κ2) is 4.15. The third kappa shape index (κ3) is 2.11. The van der Waals surface area contributed by atoms with E-state index in [0.29, 0.717) is 6.04 Å². The zero-order valence-electron chi connectivity index (χ0n) is 8.80. The monoisotopic (exact) mass is 253 g/mol. The van der Waals surface area contributed by atoms with Gasteiger partial charge in [-0.25, -0.2) is 0 Å². The minimum Gasteiger partial charge on any atom is -0.308 e. The van der Waals surface area contributed by atoms with E-state index in [1.807, 2.05) is 6.92 Å². The summed E-state index contributed by atoms with van der Waals surface area (Å²) in [5.74, 6) is 0. The Labute approximate surface area is 101 Å². The number of nitrogens with one attached hydrogen (secondary N) is 1. The van der Waals surface area contributed by atoms with E-state index in [2.05, 4.69) is 25.1 Å². The molecule has 0 spiro atoms. The molecular formula is C9H11N5S2. The van der Waals surface area contributed by atoms with Gasteiger partial charge in [-0.05, 0) is 31.3 Å². The maximum absolute atomic E-state index is 4.18. The van der Waals surface area contributed by atoms with Gasteiger partial charge in [0, 0.05) is 12.6 Å². The smallest absolute Gasteiger partial charge is 0.161 e. The molecule has 1 aliphatic rings. The van der Waals surface area contributed by atoms with Crippen LogP contribution >= 0.6 is 22.9 Å². The van der Waals surface area contributed by atoms with Gasteiger partial charge in [0.25, 0.3) is 0 Å². The van der Waals surface area contributed by atoms with E-state index in [9.17, 15) is 0 Å². The van der Waals surface area contributed by atoms with Gasteiger partial charge in [0.1, 0.15) is 9.88 Å². The molecule has 0 atom stereocenters. The van der Waals surface area contributed by atoms with Crippen LogP contribution in [0.1, 0.15) is 23.5 Å². The first-order valence-corrected chi connectivity index (χ1v) is 6.77. The Bertz CT molecular complexity index is 488. The zero-order valence-corrected chi connectivity index (χ0v) is 10.4. The van der Waals surface area contributed by atoms with E-state index in [4.69, 9.17) is 0 Å². The fraction of sp³-hybridized carbons (Fsp3) is 0.556. The highest BCUT2D eigenvalue weighted by molar-refractivity contribution is 7.19. The molecule has 16 heavy (non-hydrogen) atoms. The highest BCUT2D eigenvalue weighted by Gasteiger charge is 2.21. The molecule has 84 valence electrons. The van der Waals surface area contributed by atoms with E-state index in [1.54, 1.807) is 11.3 Å². The maximum atomic E-state index is 4.18. The summed E-state index contributed by atoms with van der Waals surface area (Å²) in [6.07, 6.45) is 2.59. The molecule has 2 aromatic rings. The van der Waals surface area contributed by atoms with Crippen molar-refractivity contribution in [3.8, 4) is 9.88 Å². The maximum Gasteiger partial charge on any atom is 0.161 e. The van der Waals surface area contributed by atoms with Crippen LogP contribution in [0, 0.1) is 6.92 Å². The van der Waals surface area contributed by atoms with Gasteiger partial charge in [-0.1, -0.05) is 15.8 Å². The van der Waals surface area contributed by atoms with E-state index in [1.165, 1.54) is 24.4 Å². The Kier molecular flexibility index (Phi) is 2.66. The number of hydrogen-bond acceptors (Lipinski definition) is 7. The summed E-state index contributed by atoms with van der Waals surface area (Å²) in [5, 5.41) is 17.7. The minimum absolute atomic E-state index is 0.708. The topological polar surface area (TPSA) is 63.6 Å². The van der Waals surface area contributed by atoms with Gasteiger partial charge in [-0.2, -0.15) is 0 Å². The second-order valence-corrected chi connectivity index (χ2v) is 5.66. The van der Waals surface area contributed by atoms with Gasteiger partial charge in [0.05, 0.1) is 5.69 Å². The van der Waals surface area contributed by atoms with Crippen molar-refractivity contribution in [2.75, 3.05) is 0 Å². The standard InChI is InChI=1S/C9H11N5S2/c1-5-8(16-14-11-5)9-13-12-7(15-9)4-10-6-2-3-6/h6,10H,2-4H2,1H3. The minimum atomic E-state index is 0.708. The fourth-order valence-electron chi connectivity index (χ4n) is 1.36. The lowest BCUT2D eigenvalue weighted by Crippen LogP contribution is -2.14. The van der Waals surface area contributed by atoms with Crippen LogP contribution in [-0.2, 0) is 6.54 Å². The average Bonchev–Trinajstić information content (AvgIpc) is 2.82. The second-order valence-electron chi connectivity index (χ2n) is 3.84. The molecule has 3 rings (SSSR count).